The van der Waals surface area contributed by atoms with Crippen molar-refractivity contribution >= 4 is 29.9 Å². The zero-order valence-electron chi connectivity index (χ0n) is 17.5. The Morgan fingerprint density at radius 1 is 1.11 bits per heavy atom. The van der Waals surface area contributed by atoms with Crippen LogP contribution in [-0.2, 0) is 6.42 Å². The summed E-state index contributed by atoms with van der Waals surface area (Å²) in [6.45, 7) is 6.21. The largest absolute Gasteiger partial charge is 0.356 e. The predicted octanol–water partition coefficient (Wildman–Crippen LogP) is 3.28. The smallest absolute Gasteiger partial charge is 0.226 e. The fourth-order valence-corrected chi connectivity index (χ4v) is 4.54. The van der Waals surface area contributed by atoms with Gasteiger partial charge in [-0.15, -0.1) is 24.0 Å². The minimum atomic E-state index is 0. The van der Waals surface area contributed by atoms with Crippen molar-refractivity contribution in [2.24, 2.45) is 4.99 Å². The molecule has 2 N–H and O–H groups in total. The highest BCUT2D eigenvalue weighted by Crippen LogP contribution is 2.35. The van der Waals surface area contributed by atoms with Crippen molar-refractivity contribution in [1.29, 1.82) is 0 Å². The van der Waals surface area contributed by atoms with Gasteiger partial charge < -0.3 is 15.2 Å². The summed E-state index contributed by atoms with van der Waals surface area (Å²) in [6.07, 6.45) is 12.6. The number of aryl methyl sites for hydroxylation is 2. The number of rotatable bonds is 7. The van der Waals surface area contributed by atoms with Gasteiger partial charge in [-0.3, -0.25) is 9.89 Å². The van der Waals surface area contributed by atoms with Gasteiger partial charge in [-0.1, -0.05) is 30.8 Å². The van der Waals surface area contributed by atoms with Crippen molar-refractivity contribution in [3.8, 4) is 0 Å². The Bertz CT molecular complexity index is 593. The van der Waals surface area contributed by atoms with Crippen molar-refractivity contribution in [3.63, 3.8) is 0 Å². The van der Waals surface area contributed by atoms with Crippen LogP contribution in [0.25, 0.3) is 0 Å². The molecule has 0 spiro atoms. The highest BCUT2D eigenvalue weighted by atomic mass is 127. The molecule has 1 aromatic heterocycles. The maximum absolute atomic E-state index is 5.16. The number of halogens is 1. The van der Waals surface area contributed by atoms with Gasteiger partial charge in [-0.05, 0) is 52.1 Å². The number of aromatic nitrogens is 2. The summed E-state index contributed by atoms with van der Waals surface area (Å²) < 4.78 is 5.16. The number of nitrogens with one attached hydrogen (secondary N) is 2. The molecule has 0 bridgehead atoms. The predicted molar refractivity (Wildman–Crippen MR) is 123 cm³/mol. The molecule has 2 fully saturated rings. The summed E-state index contributed by atoms with van der Waals surface area (Å²) in [5.41, 5.74) is 0.317. The summed E-state index contributed by atoms with van der Waals surface area (Å²) in [4.78, 5) is 11.4. The SMILES string of the molecule is CN=C(NCCCc1nc(C)no1)NCC1(N2CCCCC2)CCCCC1.I. The fourth-order valence-electron chi connectivity index (χ4n) is 4.54. The second-order valence-corrected chi connectivity index (χ2v) is 8.02. The molecule has 28 heavy (non-hydrogen) atoms. The molecule has 1 aromatic rings. The Balaban J connectivity index is 0.00000280. The van der Waals surface area contributed by atoms with E-state index in [4.69, 9.17) is 4.52 Å². The molecule has 2 aliphatic rings. The molecule has 1 aliphatic carbocycles. The van der Waals surface area contributed by atoms with E-state index in [0.717, 1.165) is 31.9 Å². The first-order valence-electron chi connectivity index (χ1n) is 10.7. The Labute approximate surface area is 186 Å². The van der Waals surface area contributed by atoms with Gasteiger partial charge in [-0.2, -0.15) is 4.98 Å². The average molecular weight is 504 g/mol. The first-order valence-corrected chi connectivity index (χ1v) is 10.7. The van der Waals surface area contributed by atoms with Crippen LogP contribution in [0.1, 0.15) is 69.5 Å². The van der Waals surface area contributed by atoms with Gasteiger partial charge in [0.1, 0.15) is 0 Å². The van der Waals surface area contributed by atoms with Crippen molar-refractivity contribution in [1.82, 2.24) is 25.7 Å². The minimum absolute atomic E-state index is 0. The third-order valence-electron chi connectivity index (χ3n) is 6.05. The van der Waals surface area contributed by atoms with Gasteiger partial charge in [0.2, 0.25) is 5.89 Å². The van der Waals surface area contributed by atoms with Crippen LogP contribution in [0.2, 0.25) is 0 Å². The quantitative estimate of drug-likeness (QED) is 0.257. The Morgan fingerprint density at radius 2 is 1.82 bits per heavy atom. The summed E-state index contributed by atoms with van der Waals surface area (Å²) in [7, 11) is 1.85. The van der Waals surface area contributed by atoms with Crippen molar-refractivity contribution in [2.45, 2.75) is 76.7 Å². The average Bonchev–Trinajstić information content (AvgIpc) is 3.14. The molecule has 160 valence electrons. The molecule has 2 heterocycles. The van der Waals surface area contributed by atoms with E-state index in [0.29, 0.717) is 17.3 Å². The molecule has 0 atom stereocenters. The van der Waals surface area contributed by atoms with Crippen LogP contribution in [0.3, 0.4) is 0 Å². The molecule has 8 heteroatoms. The maximum Gasteiger partial charge on any atom is 0.226 e. The van der Waals surface area contributed by atoms with Gasteiger partial charge in [0.25, 0.3) is 0 Å². The molecule has 0 radical (unpaired) electrons. The molecule has 1 aliphatic heterocycles. The number of nitrogens with zero attached hydrogens (tertiary/aromatic N) is 4. The van der Waals surface area contributed by atoms with E-state index in [2.05, 4.69) is 30.7 Å². The van der Waals surface area contributed by atoms with E-state index in [1.807, 2.05) is 14.0 Å². The lowest BCUT2D eigenvalue weighted by molar-refractivity contribution is 0.0368. The topological polar surface area (TPSA) is 78.6 Å². The third kappa shape index (κ3) is 6.57. The number of aliphatic imine (C=N–C) groups is 1. The molecule has 0 unspecified atom stereocenters. The fraction of sp³-hybridized carbons (Fsp3) is 0.850. The van der Waals surface area contributed by atoms with E-state index in [1.54, 1.807) is 0 Å². The summed E-state index contributed by atoms with van der Waals surface area (Å²) >= 11 is 0. The van der Waals surface area contributed by atoms with Crippen LogP contribution >= 0.6 is 24.0 Å². The van der Waals surface area contributed by atoms with E-state index in [1.165, 1.54) is 64.5 Å². The van der Waals surface area contributed by atoms with Gasteiger partial charge in [0, 0.05) is 32.1 Å². The first kappa shape index (κ1) is 23.4. The second-order valence-electron chi connectivity index (χ2n) is 8.02. The van der Waals surface area contributed by atoms with Crippen LogP contribution in [0.15, 0.2) is 9.52 Å². The summed E-state index contributed by atoms with van der Waals surface area (Å²) in [5.74, 6) is 2.31. The van der Waals surface area contributed by atoms with E-state index >= 15 is 0 Å². The van der Waals surface area contributed by atoms with Crippen LogP contribution < -0.4 is 10.6 Å². The standard InChI is InChI=1S/C20H36N6O.HI/c1-17-24-18(27-25-17)10-9-13-22-19(21-2)23-16-20(11-5-3-6-12-20)26-14-7-4-8-15-26;/h3-16H2,1-2H3,(H2,21,22,23);1H. The summed E-state index contributed by atoms with van der Waals surface area (Å²) in [5, 5.41) is 10.9. The van der Waals surface area contributed by atoms with Gasteiger partial charge >= 0.3 is 0 Å². The Morgan fingerprint density at radius 3 is 2.46 bits per heavy atom. The number of guanidine groups is 1. The van der Waals surface area contributed by atoms with Crippen LogP contribution in [0, 0.1) is 6.92 Å². The van der Waals surface area contributed by atoms with E-state index in [9.17, 15) is 0 Å². The zero-order valence-corrected chi connectivity index (χ0v) is 19.8. The van der Waals surface area contributed by atoms with E-state index < -0.39 is 0 Å². The molecule has 0 amide bonds. The highest BCUT2D eigenvalue weighted by molar-refractivity contribution is 14.0. The van der Waals surface area contributed by atoms with Gasteiger partial charge in [-0.25, -0.2) is 0 Å². The number of hydrogen-bond donors (Lipinski definition) is 2. The maximum atomic E-state index is 5.16. The zero-order chi connectivity index (χ0) is 19.0. The van der Waals surface area contributed by atoms with Crippen molar-refractivity contribution in [3.05, 3.63) is 11.7 Å². The lowest BCUT2D eigenvalue weighted by atomic mass is 9.79. The molecule has 7 nitrogen and oxygen atoms in total. The number of piperidine rings is 1. The summed E-state index contributed by atoms with van der Waals surface area (Å²) in [6, 6.07) is 0. The molecular formula is C20H37IN6O. The number of hydrogen-bond acceptors (Lipinski definition) is 5. The van der Waals surface area contributed by atoms with Gasteiger partial charge in [0.15, 0.2) is 11.8 Å². The third-order valence-corrected chi connectivity index (χ3v) is 6.05. The molecule has 1 saturated carbocycles. The first-order chi connectivity index (χ1) is 13.2. The lowest BCUT2D eigenvalue weighted by Gasteiger charge is -2.48. The Hall–Kier alpha value is -0.900. The van der Waals surface area contributed by atoms with Gasteiger partial charge in [0.05, 0.1) is 0 Å². The van der Waals surface area contributed by atoms with Crippen LogP contribution in [0.4, 0.5) is 0 Å². The van der Waals surface area contributed by atoms with Crippen LogP contribution in [-0.4, -0.2) is 59.8 Å². The van der Waals surface area contributed by atoms with Crippen molar-refractivity contribution in [2.75, 3.05) is 33.2 Å². The molecule has 0 aromatic carbocycles. The van der Waals surface area contributed by atoms with Crippen molar-refractivity contribution < 1.29 is 4.52 Å². The van der Waals surface area contributed by atoms with Crippen LogP contribution in [0.5, 0.6) is 0 Å². The minimum Gasteiger partial charge on any atom is -0.356 e. The Kier molecular flexibility index (Phi) is 9.98. The highest BCUT2D eigenvalue weighted by Gasteiger charge is 2.38. The molecule has 1 saturated heterocycles. The lowest BCUT2D eigenvalue weighted by Crippen LogP contribution is -2.59. The monoisotopic (exact) mass is 504 g/mol. The van der Waals surface area contributed by atoms with E-state index in [-0.39, 0.29) is 24.0 Å². The normalized spacial score (nSPS) is 20.4. The molecular weight excluding hydrogens is 467 g/mol. The second kappa shape index (κ2) is 11.9. The number of likely N-dealkylation sites (tertiary alicyclic amines) is 1. The molecule has 3 rings (SSSR count).